The molecule has 9 heteroatoms. The Labute approximate surface area is 171 Å². The summed E-state index contributed by atoms with van der Waals surface area (Å²) in [5.41, 5.74) is 1.19. The summed E-state index contributed by atoms with van der Waals surface area (Å²) in [6.07, 6.45) is -0.300. The van der Waals surface area contributed by atoms with Crippen molar-refractivity contribution in [2.24, 2.45) is 5.92 Å². The van der Waals surface area contributed by atoms with Gasteiger partial charge in [-0.2, -0.15) is 18.4 Å². The number of nitrogens with zero attached hydrogens (tertiary/aromatic N) is 3. The standard InChI is InChI=1S/C21H21F3N4O2/c22-21(23,24)13-5-6-15(18(29)9-13)19-14-7-8-30-11-16(14)20(28-27-19)26-17-4-2-1-3-12(17)10-25/h5-6,9,12,17,29H,1-4,7-8,11H2,(H,26,28)/t12-,17+/m0/s1. The molecule has 1 fully saturated rings. The number of rotatable bonds is 3. The van der Waals surface area contributed by atoms with Crippen LogP contribution in [0.25, 0.3) is 11.3 Å². The van der Waals surface area contributed by atoms with E-state index in [9.17, 15) is 23.5 Å². The Kier molecular flexibility index (Phi) is 5.52. The van der Waals surface area contributed by atoms with Gasteiger partial charge < -0.3 is 15.2 Å². The highest BCUT2D eigenvalue weighted by molar-refractivity contribution is 5.73. The van der Waals surface area contributed by atoms with Crippen molar-refractivity contribution >= 4 is 5.82 Å². The van der Waals surface area contributed by atoms with E-state index < -0.39 is 17.5 Å². The van der Waals surface area contributed by atoms with E-state index in [-0.39, 0.29) is 24.1 Å². The summed E-state index contributed by atoms with van der Waals surface area (Å²) in [7, 11) is 0. The van der Waals surface area contributed by atoms with Crippen LogP contribution in [0.5, 0.6) is 5.75 Å². The Bertz CT molecular complexity index is 987. The first kappa shape index (κ1) is 20.4. The van der Waals surface area contributed by atoms with Gasteiger partial charge in [-0.3, -0.25) is 0 Å². The zero-order chi connectivity index (χ0) is 21.3. The molecule has 0 saturated heterocycles. The monoisotopic (exact) mass is 418 g/mol. The third-order valence-electron chi connectivity index (χ3n) is 5.76. The first-order valence-electron chi connectivity index (χ1n) is 9.91. The van der Waals surface area contributed by atoms with Crippen molar-refractivity contribution < 1.29 is 23.0 Å². The molecule has 2 N–H and O–H groups in total. The number of anilines is 1. The molecule has 1 aromatic heterocycles. The van der Waals surface area contributed by atoms with Crippen LogP contribution in [0.4, 0.5) is 19.0 Å². The van der Waals surface area contributed by atoms with Crippen LogP contribution in [-0.2, 0) is 23.9 Å². The van der Waals surface area contributed by atoms with Gasteiger partial charge in [-0.05, 0) is 43.0 Å². The van der Waals surface area contributed by atoms with Crippen LogP contribution in [0.2, 0.25) is 0 Å². The van der Waals surface area contributed by atoms with Crippen molar-refractivity contribution in [3.63, 3.8) is 0 Å². The Balaban J connectivity index is 1.71. The molecule has 0 spiro atoms. The van der Waals surface area contributed by atoms with Crippen LogP contribution >= 0.6 is 0 Å². The summed E-state index contributed by atoms with van der Waals surface area (Å²) in [6.45, 7) is 0.725. The average molecular weight is 418 g/mol. The maximum absolute atomic E-state index is 12.9. The summed E-state index contributed by atoms with van der Waals surface area (Å²) < 4.78 is 44.4. The van der Waals surface area contributed by atoms with E-state index in [1.807, 2.05) is 0 Å². The average Bonchev–Trinajstić information content (AvgIpc) is 2.74. The van der Waals surface area contributed by atoms with Gasteiger partial charge in [0, 0.05) is 17.2 Å². The predicted octanol–water partition coefficient (Wildman–Crippen LogP) is 4.43. The first-order chi connectivity index (χ1) is 14.4. The molecule has 0 amide bonds. The summed E-state index contributed by atoms with van der Waals surface area (Å²) >= 11 is 0. The van der Waals surface area contributed by atoms with Crippen molar-refractivity contribution in [3.05, 3.63) is 34.9 Å². The molecule has 158 valence electrons. The van der Waals surface area contributed by atoms with Gasteiger partial charge >= 0.3 is 6.18 Å². The van der Waals surface area contributed by atoms with Gasteiger partial charge in [0.15, 0.2) is 5.82 Å². The van der Waals surface area contributed by atoms with Gasteiger partial charge in [-0.25, -0.2) is 0 Å². The number of aromatic hydroxyl groups is 1. The second-order valence-electron chi connectivity index (χ2n) is 7.66. The van der Waals surface area contributed by atoms with Crippen molar-refractivity contribution in [1.82, 2.24) is 10.2 Å². The van der Waals surface area contributed by atoms with E-state index in [4.69, 9.17) is 4.74 Å². The Morgan fingerprint density at radius 1 is 1.17 bits per heavy atom. The Morgan fingerprint density at radius 3 is 2.70 bits per heavy atom. The number of phenolic OH excluding ortho intramolecular Hbond substituents is 1. The Morgan fingerprint density at radius 2 is 1.97 bits per heavy atom. The fourth-order valence-corrected chi connectivity index (χ4v) is 4.15. The molecule has 4 rings (SSSR count). The molecule has 0 radical (unpaired) electrons. The fraction of sp³-hybridized carbons (Fsp3) is 0.476. The van der Waals surface area contributed by atoms with Crippen LogP contribution < -0.4 is 5.32 Å². The van der Waals surface area contributed by atoms with E-state index in [0.29, 0.717) is 30.6 Å². The number of aromatic nitrogens is 2. The van der Waals surface area contributed by atoms with Crippen LogP contribution in [0.3, 0.4) is 0 Å². The molecular weight excluding hydrogens is 397 g/mol. The minimum atomic E-state index is -4.54. The zero-order valence-corrected chi connectivity index (χ0v) is 16.2. The normalized spacial score (nSPS) is 21.5. The van der Waals surface area contributed by atoms with Gasteiger partial charge in [-0.15, -0.1) is 10.2 Å². The van der Waals surface area contributed by atoms with Gasteiger partial charge in [0.2, 0.25) is 0 Å². The zero-order valence-electron chi connectivity index (χ0n) is 16.2. The van der Waals surface area contributed by atoms with Crippen molar-refractivity contribution in [2.75, 3.05) is 11.9 Å². The van der Waals surface area contributed by atoms with E-state index in [1.54, 1.807) is 0 Å². The number of nitriles is 1. The van der Waals surface area contributed by atoms with Crippen LogP contribution in [0, 0.1) is 17.2 Å². The molecule has 30 heavy (non-hydrogen) atoms. The maximum atomic E-state index is 12.9. The second kappa shape index (κ2) is 8.11. The molecular formula is C21H21F3N4O2. The van der Waals surface area contributed by atoms with Gasteiger partial charge in [0.1, 0.15) is 11.4 Å². The number of hydrogen-bond acceptors (Lipinski definition) is 6. The highest BCUT2D eigenvalue weighted by Crippen LogP contribution is 2.39. The lowest BCUT2D eigenvalue weighted by Crippen LogP contribution is -2.32. The molecule has 1 saturated carbocycles. The largest absolute Gasteiger partial charge is 0.507 e. The SMILES string of the molecule is N#C[C@@H]1CCCC[C@H]1Nc1nnc(-c2ccc(C(F)(F)F)cc2O)c2c1COCC2. The van der Waals surface area contributed by atoms with Crippen LogP contribution in [-0.4, -0.2) is 28.0 Å². The van der Waals surface area contributed by atoms with Gasteiger partial charge in [0.25, 0.3) is 0 Å². The van der Waals surface area contributed by atoms with Crippen LogP contribution in [0.15, 0.2) is 18.2 Å². The highest BCUT2D eigenvalue weighted by Gasteiger charge is 2.32. The lowest BCUT2D eigenvalue weighted by Gasteiger charge is -2.30. The third kappa shape index (κ3) is 3.92. The minimum Gasteiger partial charge on any atom is -0.507 e. The molecule has 2 aromatic rings. The van der Waals surface area contributed by atoms with E-state index in [0.717, 1.165) is 42.9 Å². The maximum Gasteiger partial charge on any atom is 0.416 e. The van der Waals surface area contributed by atoms with Crippen LogP contribution in [0.1, 0.15) is 42.4 Å². The van der Waals surface area contributed by atoms with E-state index in [2.05, 4.69) is 21.6 Å². The quantitative estimate of drug-likeness (QED) is 0.766. The van der Waals surface area contributed by atoms with E-state index in [1.165, 1.54) is 6.07 Å². The van der Waals surface area contributed by atoms with Gasteiger partial charge in [-0.1, -0.05) is 12.8 Å². The molecule has 6 nitrogen and oxygen atoms in total. The lowest BCUT2D eigenvalue weighted by molar-refractivity contribution is -0.137. The molecule has 2 aliphatic rings. The third-order valence-corrected chi connectivity index (χ3v) is 5.76. The van der Waals surface area contributed by atoms with Crippen molar-refractivity contribution in [1.29, 1.82) is 5.26 Å². The number of phenols is 1. The summed E-state index contributed by atoms with van der Waals surface area (Å²) in [6, 6.07) is 5.16. The summed E-state index contributed by atoms with van der Waals surface area (Å²) in [4.78, 5) is 0. The molecule has 1 aliphatic heterocycles. The number of halogens is 3. The fourth-order valence-electron chi connectivity index (χ4n) is 4.15. The molecule has 1 aliphatic carbocycles. The molecule has 0 unspecified atom stereocenters. The number of benzene rings is 1. The predicted molar refractivity (Wildman–Crippen MR) is 102 cm³/mol. The first-order valence-corrected chi connectivity index (χ1v) is 9.91. The highest BCUT2D eigenvalue weighted by atomic mass is 19.4. The smallest absolute Gasteiger partial charge is 0.416 e. The number of ether oxygens (including phenoxy) is 1. The number of alkyl halides is 3. The van der Waals surface area contributed by atoms with Gasteiger partial charge in [0.05, 0.1) is 30.8 Å². The number of hydrogen-bond donors (Lipinski definition) is 2. The van der Waals surface area contributed by atoms with E-state index >= 15 is 0 Å². The summed E-state index contributed by atoms with van der Waals surface area (Å²) in [5.74, 6) is -0.0725. The Hall–Kier alpha value is -2.86. The minimum absolute atomic E-state index is 0.0330. The number of fused-ring (bicyclic) bond motifs is 1. The second-order valence-corrected chi connectivity index (χ2v) is 7.66. The molecule has 2 heterocycles. The topological polar surface area (TPSA) is 91.1 Å². The summed E-state index contributed by atoms with van der Waals surface area (Å²) in [5, 5.41) is 31.5. The molecule has 0 bridgehead atoms. The van der Waals surface area contributed by atoms with Crippen molar-refractivity contribution in [3.8, 4) is 23.1 Å². The lowest BCUT2D eigenvalue weighted by atomic mass is 9.85. The van der Waals surface area contributed by atoms with Crippen molar-refractivity contribution in [2.45, 2.75) is 50.9 Å². The molecule has 1 aromatic carbocycles. The molecule has 2 atom stereocenters. The number of nitrogens with one attached hydrogen (secondary N) is 1.